The quantitative estimate of drug-likeness (QED) is 0.631. The molecule has 0 aliphatic carbocycles. The van der Waals surface area contributed by atoms with Crippen molar-refractivity contribution in [2.24, 2.45) is 0 Å². The zero-order chi connectivity index (χ0) is 9.15. The van der Waals surface area contributed by atoms with Crippen LogP contribution in [0.3, 0.4) is 0 Å². The second-order valence-electron chi connectivity index (χ2n) is 4.22. The maximum absolute atomic E-state index is 10.4. The summed E-state index contributed by atoms with van der Waals surface area (Å²) in [4.78, 5) is 0. The van der Waals surface area contributed by atoms with Crippen LogP contribution in [0.1, 0.15) is 32.1 Å². The van der Waals surface area contributed by atoms with Gasteiger partial charge in [0.1, 0.15) is 0 Å². The van der Waals surface area contributed by atoms with Crippen molar-refractivity contribution in [1.29, 1.82) is 0 Å². The number of nitrogens with one attached hydrogen (secondary N) is 1. The molecule has 2 atom stereocenters. The fourth-order valence-corrected chi connectivity index (χ4v) is 2.45. The van der Waals surface area contributed by atoms with Crippen LogP contribution in [0.25, 0.3) is 0 Å². The highest BCUT2D eigenvalue weighted by atomic mass is 16.5. The molecule has 2 fully saturated rings. The monoisotopic (exact) mass is 185 g/mol. The van der Waals surface area contributed by atoms with E-state index in [-0.39, 0.29) is 0 Å². The van der Waals surface area contributed by atoms with Crippen LogP contribution in [0.4, 0.5) is 0 Å². The lowest BCUT2D eigenvalue weighted by atomic mass is 9.86. The summed E-state index contributed by atoms with van der Waals surface area (Å²) in [6, 6.07) is 0.314. The molecule has 0 amide bonds. The zero-order valence-corrected chi connectivity index (χ0v) is 8.09. The minimum atomic E-state index is -0.493. The van der Waals surface area contributed by atoms with E-state index in [4.69, 9.17) is 4.74 Å². The van der Waals surface area contributed by atoms with Gasteiger partial charge in [0.15, 0.2) is 0 Å². The van der Waals surface area contributed by atoms with Gasteiger partial charge in [0.05, 0.1) is 5.60 Å². The molecular weight excluding hydrogens is 166 g/mol. The highest BCUT2D eigenvalue weighted by Crippen LogP contribution is 2.29. The van der Waals surface area contributed by atoms with E-state index in [9.17, 15) is 5.11 Å². The van der Waals surface area contributed by atoms with Gasteiger partial charge >= 0.3 is 0 Å². The Kier molecular flexibility index (Phi) is 2.86. The van der Waals surface area contributed by atoms with Gasteiger partial charge in [-0.2, -0.15) is 0 Å². The van der Waals surface area contributed by atoms with Crippen LogP contribution in [0.5, 0.6) is 0 Å². The van der Waals surface area contributed by atoms with E-state index < -0.39 is 5.60 Å². The maximum Gasteiger partial charge on any atom is 0.0822 e. The Hall–Kier alpha value is -0.120. The molecule has 0 radical (unpaired) electrons. The Morgan fingerprint density at radius 3 is 2.92 bits per heavy atom. The molecule has 3 heteroatoms. The lowest BCUT2D eigenvalue weighted by molar-refractivity contribution is -0.0109. The highest BCUT2D eigenvalue weighted by Gasteiger charge is 2.38. The second kappa shape index (κ2) is 3.95. The van der Waals surface area contributed by atoms with Crippen LogP contribution in [0.15, 0.2) is 0 Å². The molecule has 13 heavy (non-hydrogen) atoms. The number of rotatable bonds is 1. The summed E-state index contributed by atoms with van der Waals surface area (Å²) < 4.78 is 5.36. The Morgan fingerprint density at radius 1 is 1.23 bits per heavy atom. The minimum Gasteiger partial charge on any atom is -0.388 e. The van der Waals surface area contributed by atoms with E-state index in [1.807, 2.05) is 0 Å². The van der Waals surface area contributed by atoms with Gasteiger partial charge in [-0.15, -0.1) is 0 Å². The first-order valence-corrected chi connectivity index (χ1v) is 5.35. The van der Waals surface area contributed by atoms with Crippen LogP contribution in [-0.2, 0) is 4.74 Å². The van der Waals surface area contributed by atoms with Crippen molar-refractivity contribution in [3.8, 4) is 0 Å². The van der Waals surface area contributed by atoms with Gasteiger partial charge in [0.2, 0.25) is 0 Å². The number of aliphatic hydroxyl groups is 1. The number of ether oxygens (including phenoxy) is 1. The third-order valence-corrected chi connectivity index (χ3v) is 3.29. The molecule has 0 spiro atoms. The predicted molar refractivity (Wildman–Crippen MR) is 50.6 cm³/mol. The smallest absolute Gasteiger partial charge is 0.0822 e. The summed E-state index contributed by atoms with van der Waals surface area (Å²) >= 11 is 0. The van der Waals surface area contributed by atoms with Crippen LogP contribution >= 0.6 is 0 Å². The summed E-state index contributed by atoms with van der Waals surface area (Å²) in [5, 5.41) is 13.8. The molecular formula is C10H19NO2. The largest absolute Gasteiger partial charge is 0.388 e. The number of hydrogen-bond donors (Lipinski definition) is 2. The fourth-order valence-electron chi connectivity index (χ4n) is 2.45. The van der Waals surface area contributed by atoms with Gasteiger partial charge in [-0.25, -0.2) is 0 Å². The molecule has 2 unspecified atom stereocenters. The van der Waals surface area contributed by atoms with Gasteiger partial charge in [0, 0.05) is 25.7 Å². The van der Waals surface area contributed by atoms with E-state index in [2.05, 4.69) is 5.32 Å². The van der Waals surface area contributed by atoms with Crippen LogP contribution < -0.4 is 5.32 Å². The van der Waals surface area contributed by atoms with Crippen molar-refractivity contribution in [2.75, 3.05) is 19.8 Å². The van der Waals surface area contributed by atoms with Crippen LogP contribution in [0, 0.1) is 0 Å². The van der Waals surface area contributed by atoms with Crippen molar-refractivity contribution >= 4 is 0 Å². The maximum atomic E-state index is 10.4. The third-order valence-electron chi connectivity index (χ3n) is 3.29. The lowest BCUT2D eigenvalue weighted by Gasteiger charge is -2.32. The van der Waals surface area contributed by atoms with Crippen molar-refractivity contribution in [2.45, 2.75) is 43.7 Å². The predicted octanol–water partition coefficient (Wildman–Crippen LogP) is 0.670. The minimum absolute atomic E-state index is 0.314. The first kappa shape index (κ1) is 9.44. The topological polar surface area (TPSA) is 41.5 Å². The molecule has 0 aromatic heterocycles. The fraction of sp³-hybridized carbons (Fsp3) is 1.00. The molecule has 2 aliphatic rings. The Morgan fingerprint density at radius 2 is 2.15 bits per heavy atom. The summed E-state index contributed by atoms with van der Waals surface area (Å²) in [6.45, 7) is 2.59. The summed E-state index contributed by atoms with van der Waals surface area (Å²) in [5.74, 6) is 0. The zero-order valence-electron chi connectivity index (χ0n) is 8.09. The molecule has 2 saturated heterocycles. The van der Waals surface area contributed by atoms with Crippen molar-refractivity contribution in [1.82, 2.24) is 5.32 Å². The van der Waals surface area contributed by atoms with Gasteiger partial charge in [-0.3, -0.25) is 0 Å². The van der Waals surface area contributed by atoms with E-state index in [1.165, 1.54) is 6.42 Å². The Bertz CT molecular complexity index is 158. The Balaban J connectivity index is 1.98. The first-order valence-electron chi connectivity index (χ1n) is 5.35. The van der Waals surface area contributed by atoms with E-state index in [0.717, 1.165) is 38.8 Å². The Labute approximate surface area is 79.5 Å². The van der Waals surface area contributed by atoms with Crippen molar-refractivity contribution < 1.29 is 9.84 Å². The number of hydrogen-bond acceptors (Lipinski definition) is 3. The van der Waals surface area contributed by atoms with Gasteiger partial charge in [0.25, 0.3) is 0 Å². The molecule has 0 aromatic rings. The van der Waals surface area contributed by atoms with Gasteiger partial charge in [-0.05, 0) is 32.2 Å². The van der Waals surface area contributed by atoms with E-state index >= 15 is 0 Å². The molecule has 2 aliphatic heterocycles. The second-order valence-corrected chi connectivity index (χ2v) is 4.22. The molecule has 2 rings (SSSR count). The summed E-state index contributed by atoms with van der Waals surface area (Å²) in [6.07, 6.45) is 5.01. The summed E-state index contributed by atoms with van der Waals surface area (Å²) in [5.41, 5.74) is -0.493. The standard InChI is InChI=1S/C10H19NO2/c12-10(9-3-1-6-11-9)4-2-7-13-8-5-10/h9,11-12H,1-8H2. The molecule has 2 N–H and O–H groups in total. The van der Waals surface area contributed by atoms with E-state index in [0.29, 0.717) is 12.6 Å². The van der Waals surface area contributed by atoms with Crippen molar-refractivity contribution in [3.63, 3.8) is 0 Å². The summed E-state index contributed by atoms with van der Waals surface area (Å²) in [7, 11) is 0. The van der Waals surface area contributed by atoms with Crippen LogP contribution in [-0.4, -0.2) is 36.5 Å². The molecule has 3 nitrogen and oxygen atoms in total. The molecule has 0 saturated carbocycles. The van der Waals surface area contributed by atoms with Crippen molar-refractivity contribution in [3.05, 3.63) is 0 Å². The van der Waals surface area contributed by atoms with Crippen LogP contribution in [0.2, 0.25) is 0 Å². The van der Waals surface area contributed by atoms with Gasteiger partial charge in [-0.1, -0.05) is 0 Å². The highest BCUT2D eigenvalue weighted by molar-refractivity contribution is 4.95. The molecule has 76 valence electrons. The normalized spacial score (nSPS) is 41.8. The van der Waals surface area contributed by atoms with E-state index in [1.54, 1.807) is 0 Å². The van der Waals surface area contributed by atoms with Gasteiger partial charge < -0.3 is 15.2 Å². The average Bonchev–Trinajstić information content (AvgIpc) is 2.57. The first-order chi connectivity index (χ1) is 6.31. The average molecular weight is 185 g/mol. The molecule has 0 bridgehead atoms. The third kappa shape index (κ3) is 2.03. The lowest BCUT2D eigenvalue weighted by Crippen LogP contribution is -2.47. The molecule has 0 aromatic carbocycles. The molecule has 2 heterocycles. The SMILES string of the molecule is OC1(C2CCCN2)CCCOCC1.